The second kappa shape index (κ2) is 9.58. The van der Waals surface area contributed by atoms with Crippen molar-refractivity contribution in [3.05, 3.63) is 88.4 Å². The van der Waals surface area contributed by atoms with E-state index in [2.05, 4.69) is 25.9 Å². The fourth-order valence-electron chi connectivity index (χ4n) is 2.45. The van der Waals surface area contributed by atoms with E-state index in [1.807, 2.05) is 24.3 Å². The van der Waals surface area contributed by atoms with Gasteiger partial charge in [-0.1, -0.05) is 46.3 Å². The maximum absolute atomic E-state index is 12.2. The Morgan fingerprint density at radius 1 is 1.00 bits per heavy atom. The first-order chi connectivity index (χ1) is 14.0. The van der Waals surface area contributed by atoms with E-state index in [1.165, 1.54) is 18.3 Å². The van der Waals surface area contributed by atoms with E-state index in [0.29, 0.717) is 23.7 Å². The summed E-state index contributed by atoms with van der Waals surface area (Å²) < 4.78 is 36.5. The smallest absolute Gasteiger partial charge is 0.276 e. The average molecular weight is 475 g/mol. The van der Waals surface area contributed by atoms with Gasteiger partial charge in [0.15, 0.2) is 11.5 Å². The van der Waals surface area contributed by atoms with E-state index in [-0.39, 0.29) is 4.90 Å². The minimum atomic E-state index is -3.70. The van der Waals surface area contributed by atoms with Crippen LogP contribution in [0.4, 0.5) is 0 Å². The molecule has 150 valence electrons. The van der Waals surface area contributed by atoms with Crippen molar-refractivity contribution in [2.45, 2.75) is 11.5 Å². The third-order valence-electron chi connectivity index (χ3n) is 3.94. The lowest BCUT2D eigenvalue weighted by atomic mass is 10.2. The number of rotatable bonds is 8. The van der Waals surface area contributed by atoms with Gasteiger partial charge < -0.3 is 9.47 Å². The van der Waals surface area contributed by atoms with Gasteiger partial charge in [-0.2, -0.15) is 13.5 Å². The van der Waals surface area contributed by atoms with Crippen LogP contribution in [0.25, 0.3) is 0 Å². The number of ether oxygens (including phenoxy) is 2. The summed E-state index contributed by atoms with van der Waals surface area (Å²) in [6.07, 6.45) is 1.40. The number of nitrogens with one attached hydrogen (secondary N) is 1. The predicted octanol–water partition coefficient (Wildman–Crippen LogP) is 4.35. The van der Waals surface area contributed by atoms with E-state index < -0.39 is 10.0 Å². The van der Waals surface area contributed by atoms with Gasteiger partial charge in [0.05, 0.1) is 18.2 Å². The standard InChI is InChI=1S/C21H19BrN2O4S/c1-27-21-13-17(14-23-24-29(25,26)19-5-3-2-4-6-19)9-12-20(21)28-15-16-7-10-18(22)11-8-16/h2-14,24H,15H2,1H3. The van der Waals surface area contributed by atoms with Gasteiger partial charge in [0.2, 0.25) is 0 Å². The topological polar surface area (TPSA) is 77.0 Å². The molecule has 0 heterocycles. The van der Waals surface area contributed by atoms with Crippen molar-refractivity contribution < 1.29 is 17.9 Å². The molecule has 0 saturated heterocycles. The molecule has 0 aliphatic rings. The number of halogens is 1. The molecule has 8 heteroatoms. The van der Waals surface area contributed by atoms with Crippen LogP contribution in [-0.2, 0) is 16.6 Å². The number of sulfonamides is 1. The number of nitrogens with zero attached hydrogens (tertiary/aromatic N) is 1. The van der Waals surface area contributed by atoms with Crippen molar-refractivity contribution in [3.8, 4) is 11.5 Å². The van der Waals surface area contributed by atoms with E-state index in [1.54, 1.807) is 43.5 Å². The lowest BCUT2D eigenvalue weighted by molar-refractivity contribution is 0.284. The molecule has 0 unspecified atom stereocenters. The second-order valence-corrected chi connectivity index (χ2v) is 8.57. The zero-order chi connectivity index (χ0) is 20.7. The van der Waals surface area contributed by atoms with E-state index in [0.717, 1.165) is 10.0 Å². The summed E-state index contributed by atoms with van der Waals surface area (Å²) in [4.78, 5) is 2.34. The molecule has 6 nitrogen and oxygen atoms in total. The Labute approximate surface area is 178 Å². The number of methoxy groups -OCH3 is 1. The van der Waals surface area contributed by atoms with Crippen LogP contribution in [0.15, 0.2) is 87.3 Å². The van der Waals surface area contributed by atoms with E-state index in [4.69, 9.17) is 9.47 Å². The van der Waals surface area contributed by atoms with Crippen LogP contribution in [0.2, 0.25) is 0 Å². The highest BCUT2D eigenvalue weighted by Gasteiger charge is 2.11. The maximum Gasteiger partial charge on any atom is 0.276 e. The lowest BCUT2D eigenvalue weighted by Gasteiger charge is -2.11. The first kappa shape index (κ1) is 20.9. The Balaban J connectivity index is 1.66. The molecular formula is C21H19BrN2O4S. The largest absolute Gasteiger partial charge is 0.493 e. The Morgan fingerprint density at radius 3 is 2.41 bits per heavy atom. The predicted molar refractivity (Wildman–Crippen MR) is 116 cm³/mol. The fourth-order valence-corrected chi connectivity index (χ4v) is 3.52. The van der Waals surface area contributed by atoms with Crippen LogP contribution in [0.5, 0.6) is 11.5 Å². The molecule has 0 spiro atoms. The molecular weight excluding hydrogens is 456 g/mol. The summed E-state index contributed by atoms with van der Waals surface area (Å²) in [6, 6.07) is 21.1. The zero-order valence-corrected chi connectivity index (χ0v) is 18.0. The van der Waals surface area contributed by atoms with E-state index in [9.17, 15) is 8.42 Å². The SMILES string of the molecule is COc1cc(C=NNS(=O)(=O)c2ccccc2)ccc1OCc1ccc(Br)cc1. The molecule has 3 aromatic carbocycles. The highest BCUT2D eigenvalue weighted by Crippen LogP contribution is 2.28. The summed E-state index contributed by atoms with van der Waals surface area (Å²) in [7, 11) is -2.16. The zero-order valence-electron chi connectivity index (χ0n) is 15.6. The molecule has 0 aliphatic heterocycles. The molecule has 0 aromatic heterocycles. The molecule has 29 heavy (non-hydrogen) atoms. The average Bonchev–Trinajstić information content (AvgIpc) is 2.74. The molecule has 0 aliphatic carbocycles. The van der Waals surface area contributed by atoms with Crippen molar-refractivity contribution >= 4 is 32.2 Å². The minimum Gasteiger partial charge on any atom is -0.493 e. The van der Waals surface area contributed by atoms with Crippen LogP contribution < -0.4 is 14.3 Å². The van der Waals surface area contributed by atoms with Crippen molar-refractivity contribution in [2.75, 3.05) is 7.11 Å². The normalized spacial score (nSPS) is 11.4. The van der Waals surface area contributed by atoms with Crippen LogP contribution >= 0.6 is 15.9 Å². The molecule has 0 atom stereocenters. The molecule has 0 fully saturated rings. The van der Waals surface area contributed by atoms with Gasteiger partial charge in [0.25, 0.3) is 10.0 Å². The second-order valence-electron chi connectivity index (χ2n) is 5.99. The molecule has 3 rings (SSSR count). The van der Waals surface area contributed by atoms with Gasteiger partial charge in [-0.15, -0.1) is 0 Å². The van der Waals surface area contributed by atoms with Crippen LogP contribution in [-0.4, -0.2) is 21.7 Å². The number of hydrazone groups is 1. The summed E-state index contributed by atoms with van der Waals surface area (Å²) in [6.45, 7) is 0.397. The third kappa shape index (κ3) is 5.82. The molecule has 0 bridgehead atoms. The van der Waals surface area contributed by atoms with Gasteiger partial charge in [0, 0.05) is 4.47 Å². The van der Waals surface area contributed by atoms with Gasteiger partial charge in [-0.05, 0) is 53.6 Å². The number of benzene rings is 3. The van der Waals surface area contributed by atoms with Crippen molar-refractivity contribution in [3.63, 3.8) is 0 Å². The van der Waals surface area contributed by atoms with Crippen molar-refractivity contribution in [1.82, 2.24) is 4.83 Å². The van der Waals surface area contributed by atoms with E-state index >= 15 is 0 Å². The van der Waals surface area contributed by atoms with Crippen LogP contribution in [0, 0.1) is 0 Å². The van der Waals surface area contributed by atoms with Gasteiger partial charge >= 0.3 is 0 Å². The molecule has 1 N–H and O–H groups in total. The van der Waals surface area contributed by atoms with Crippen LogP contribution in [0.3, 0.4) is 0 Å². The third-order valence-corrected chi connectivity index (χ3v) is 5.70. The van der Waals surface area contributed by atoms with Gasteiger partial charge in [0.1, 0.15) is 6.61 Å². The summed E-state index contributed by atoms with van der Waals surface area (Å²) >= 11 is 3.40. The number of hydrogen-bond acceptors (Lipinski definition) is 5. The van der Waals surface area contributed by atoms with Crippen LogP contribution in [0.1, 0.15) is 11.1 Å². The minimum absolute atomic E-state index is 0.145. The highest BCUT2D eigenvalue weighted by molar-refractivity contribution is 9.10. The lowest BCUT2D eigenvalue weighted by Crippen LogP contribution is -2.18. The monoisotopic (exact) mass is 474 g/mol. The molecule has 0 amide bonds. The van der Waals surface area contributed by atoms with Crippen molar-refractivity contribution in [2.24, 2.45) is 5.10 Å². The molecule has 0 radical (unpaired) electrons. The number of hydrogen-bond donors (Lipinski definition) is 1. The Bertz CT molecular complexity index is 1090. The van der Waals surface area contributed by atoms with Crippen molar-refractivity contribution in [1.29, 1.82) is 0 Å². The first-order valence-corrected chi connectivity index (χ1v) is 10.9. The fraction of sp³-hybridized carbons (Fsp3) is 0.0952. The Morgan fingerprint density at radius 2 is 1.72 bits per heavy atom. The maximum atomic E-state index is 12.2. The Kier molecular flexibility index (Phi) is 6.90. The molecule has 3 aromatic rings. The summed E-state index contributed by atoms with van der Waals surface area (Å²) in [5.41, 5.74) is 1.69. The quantitative estimate of drug-likeness (QED) is 0.388. The Hall–Kier alpha value is -2.84. The molecule has 0 saturated carbocycles. The first-order valence-electron chi connectivity index (χ1n) is 8.63. The summed E-state index contributed by atoms with van der Waals surface area (Å²) in [5.74, 6) is 1.11. The summed E-state index contributed by atoms with van der Waals surface area (Å²) in [5, 5.41) is 3.83. The van der Waals surface area contributed by atoms with Gasteiger partial charge in [-0.3, -0.25) is 0 Å². The highest BCUT2D eigenvalue weighted by atomic mass is 79.9. The van der Waals surface area contributed by atoms with Gasteiger partial charge in [-0.25, -0.2) is 4.83 Å².